The van der Waals surface area contributed by atoms with Crippen LogP contribution in [0, 0.1) is 6.92 Å². The molecule has 0 unspecified atom stereocenters. The molecule has 23 heavy (non-hydrogen) atoms. The Bertz CT molecular complexity index is 866. The summed E-state index contributed by atoms with van der Waals surface area (Å²) in [6.07, 6.45) is 0. The van der Waals surface area contributed by atoms with Gasteiger partial charge in [-0.1, -0.05) is 29.8 Å². The van der Waals surface area contributed by atoms with Gasteiger partial charge in [0.25, 0.3) is 5.91 Å². The Hall–Kier alpha value is -2.38. The predicted octanol–water partition coefficient (Wildman–Crippen LogP) is 4.03. The summed E-state index contributed by atoms with van der Waals surface area (Å²) in [5.74, 6) is -0.457. The maximum atomic E-state index is 12.2. The Kier molecular flexibility index (Phi) is 4.31. The molecule has 3 aromatic rings. The minimum absolute atomic E-state index is 0.128. The molecule has 0 saturated carbocycles. The Morgan fingerprint density at radius 2 is 1.70 bits per heavy atom. The molecule has 0 aliphatic rings. The number of carbonyl (C=O) groups is 2. The number of hydrogen-bond acceptors (Lipinski definition) is 6. The second-order valence-corrected chi connectivity index (χ2v) is 6.67. The van der Waals surface area contributed by atoms with Gasteiger partial charge in [0.15, 0.2) is 10.9 Å². The summed E-state index contributed by atoms with van der Waals surface area (Å²) in [7, 11) is 0. The van der Waals surface area contributed by atoms with Crippen molar-refractivity contribution in [3.05, 3.63) is 52.0 Å². The number of Topliss-reactive ketones (excluding diaryl/α,β-unsaturated/α-hetero) is 1. The van der Waals surface area contributed by atoms with Crippen LogP contribution in [0.5, 0.6) is 0 Å². The van der Waals surface area contributed by atoms with Crippen molar-refractivity contribution in [2.45, 2.75) is 13.8 Å². The number of anilines is 1. The first kappa shape index (κ1) is 15.5. The van der Waals surface area contributed by atoms with E-state index in [0.29, 0.717) is 16.5 Å². The third-order valence-corrected chi connectivity index (χ3v) is 4.77. The highest BCUT2D eigenvalue weighted by Crippen LogP contribution is 2.25. The molecule has 0 radical (unpaired) electrons. The second-order valence-electron chi connectivity index (χ2n) is 4.95. The average Bonchev–Trinajstić information content (AvgIpc) is 3.17. The predicted molar refractivity (Wildman–Crippen MR) is 92.4 cm³/mol. The number of aromatic nitrogens is 2. The molecular formula is C16H13N3O2S2. The number of carbonyl (C=O) groups excluding carboxylic acids is 2. The number of hydrogen-bond donors (Lipinski definition) is 1. The molecule has 7 heteroatoms. The highest BCUT2D eigenvalue weighted by Gasteiger charge is 2.14. The van der Waals surface area contributed by atoms with Gasteiger partial charge in [-0.05, 0) is 6.92 Å². The van der Waals surface area contributed by atoms with Crippen LogP contribution in [-0.4, -0.2) is 21.7 Å². The third-order valence-electron chi connectivity index (χ3n) is 3.12. The SMILES string of the molecule is CC(=O)c1csc(NC(=O)c2csc(-c3ccc(C)cc3)n2)n1. The van der Waals surface area contributed by atoms with Crippen LogP contribution in [-0.2, 0) is 0 Å². The van der Waals surface area contributed by atoms with E-state index in [1.54, 1.807) is 10.8 Å². The van der Waals surface area contributed by atoms with Gasteiger partial charge in [0, 0.05) is 23.2 Å². The molecule has 0 saturated heterocycles. The number of rotatable bonds is 4. The first-order valence-electron chi connectivity index (χ1n) is 6.83. The topological polar surface area (TPSA) is 72.0 Å². The third kappa shape index (κ3) is 3.52. The van der Waals surface area contributed by atoms with E-state index >= 15 is 0 Å². The van der Waals surface area contributed by atoms with Crippen LogP contribution in [0.25, 0.3) is 10.6 Å². The van der Waals surface area contributed by atoms with Crippen molar-refractivity contribution in [2.75, 3.05) is 5.32 Å². The van der Waals surface area contributed by atoms with Crippen LogP contribution in [0.15, 0.2) is 35.0 Å². The molecule has 1 aromatic carbocycles. The lowest BCUT2D eigenvalue weighted by molar-refractivity contribution is 0.100. The van der Waals surface area contributed by atoms with Gasteiger partial charge in [0.1, 0.15) is 16.4 Å². The smallest absolute Gasteiger partial charge is 0.276 e. The summed E-state index contributed by atoms with van der Waals surface area (Å²) in [6.45, 7) is 3.46. The molecule has 0 atom stereocenters. The number of benzene rings is 1. The summed E-state index contributed by atoms with van der Waals surface area (Å²) in [4.78, 5) is 31.9. The standard InChI is InChI=1S/C16H13N3O2S2/c1-9-3-5-11(6-4-9)15-17-13(8-22-15)14(21)19-16-18-12(7-23-16)10(2)20/h3-8H,1-2H3,(H,18,19,21). The molecule has 5 nitrogen and oxygen atoms in total. The first-order valence-corrected chi connectivity index (χ1v) is 8.59. The summed E-state index contributed by atoms with van der Waals surface area (Å²) < 4.78 is 0. The summed E-state index contributed by atoms with van der Waals surface area (Å²) in [6, 6.07) is 7.98. The van der Waals surface area contributed by atoms with Crippen LogP contribution < -0.4 is 5.32 Å². The van der Waals surface area contributed by atoms with Crippen LogP contribution in [0.1, 0.15) is 33.5 Å². The lowest BCUT2D eigenvalue weighted by atomic mass is 10.2. The largest absolute Gasteiger partial charge is 0.296 e. The van der Waals surface area contributed by atoms with Crippen molar-refractivity contribution >= 4 is 39.5 Å². The Morgan fingerprint density at radius 3 is 2.35 bits per heavy atom. The quantitative estimate of drug-likeness (QED) is 0.726. The molecule has 0 fully saturated rings. The van der Waals surface area contributed by atoms with Crippen LogP contribution in [0.4, 0.5) is 5.13 Å². The van der Waals surface area contributed by atoms with Gasteiger partial charge < -0.3 is 0 Å². The Morgan fingerprint density at radius 1 is 1.00 bits per heavy atom. The van der Waals surface area contributed by atoms with E-state index in [1.807, 2.05) is 31.2 Å². The molecule has 3 rings (SSSR count). The van der Waals surface area contributed by atoms with E-state index in [4.69, 9.17) is 0 Å². The van der Waals surface area contributed by atoms with Crippen LogP contribution in [0.2, 0.25) is 0 Å². The van der Waals surface area contributed by atoms with Gasteiger partial charge in [0.05, 0.1) is 0 Å². The molecule has 1 N–H and O–H groups in total. The van der Waals surface area contributed by atoms with Crippen LogP contribution >= 0.6 is 22.7 Å². The van der Waals surface area contributed by atoms with Gasteiger partial charge in [0.2, 0.25) is 0 Å². The van der Waals surface area contributed by atoms with Crippen molar-refractivity contribution in [2.24, 2.45) is 0 Å². The fourth-order valence-electron chi connectivity index (χ4n) is 1.86. The normalized spacial score (nSPS) is 10.5. The summed E-state index contributed by atoms with van der Waals surface area (Å²) >= 11 is 2.63. The van der Waals surface area contributed by atoms with Gasteiger partial charge in [-0.15, -0.1) is 22.7 Å². The average molecular weight is 343 g/mol. The molecule has 2 heterocycles. The first-order chi connectivity index (χ1) is 11.0. The van der Waals surface area contributed by atoms with Gasteiger partial charge in [-0.2, -0.15) is 0 Å². The van der Waals surface area contributed by atoms with E-state index in [-0.39, 0.29) is 11.7 Å². The van der Waals surface area contributed by atoms with E-state index < -0.39 is 0 Å². The maximum Gasteiger partial charge on any atom is 0.276 e. The van der Waals surface area contributed by atoms with E-state index in [1.165, 1.54) is 35.2 Å². The molecule has 0 aliphatic heterocycles. The molecule has 0 bridgehead atoms. The number of aryl methyl sites for hydroxylation is 1. The molecule has 0 spiro atoms. The van der Waals surface area contributed by atoms with Gasteiger partial charge >= 0.3 is 0 Å². The lowest BCUT2D eigenvalue weighted by Crippen LogP contribution is -2.12. The highest BCUT2D eigenvalue weighted by atomic mass is 32.1. The van der Waals surface area contributed by atoms with Crippen molar-refractivity contribution in [3.8, 4) is 10.6 Å². The number of nitrogens with zero attached hydrogens (tertiary/aromatic N) is 2. The van der Waals surface area contributed by atoms with Gasteiger partial charge in [-0.25, -0.2) is 9.97 Å². The zero-order valence-electron chi connectivity index (χ0n) is 12.5. The minimum Gasteiger partial charge on any atom is -0.296 e. The number of amides is 1. The minimum atomic E-state index is -0.330. The molecule has 116 valence electrons. The van der Waals surface area contributed by atoms with Gasteiger partial charge in [-0.3, -0.25) is 14.9 Å². The van der Waals surface area contributed by atoms with Crippen molar-refractivity contribution in [1.82, 2.24) is 9.97 Å². The van der Waals surface area contributed by atoms with Crippen molar-refractivity contribution in [1.29, 1.82) is 0 Å². The zero-order valence-corrected chi connectivity index (χ0v) is 14.1. The number of thiazole rings is 2. The van der Waals surface area contributed by atoms with Crippen LogP contribution in [0.3, 0.4) is 0 Å². The lowest BCUT2D eigenvalue weighted by Gasteiger charge is -1.98. The van der Waals surface area contributed by atoms with E-state index in [0.717, 1.165) is 10.6 Å². The monoisotopic (exact) mass is 343 g/mol. The highest BCUT2D eigenvalue weighted by molar-refractivity contribution is 7.14. The summed E-state index contributed by atoms with van der Waals surface area (Å²) in [5.41, 5.74) is 2.84. The fourth-order valence-corrected chi connectivity index (χ4v) is 3.41. The Balaban J connectivity index is 1.75. The molecular weight excluding hydrogens is 330 g/mol. The van der Waals surface area contributed by atoms with Crippen molar-refractivity contribution in [3.63, 3.8) is 0 Å². The van der Waals surface area contributed by atoms with E-state index in [2.05, 4.69) is 15.3 Å². The molecule has 1 amide bonds. The number of nitrogens with one attached hydrogen (secondary N) is 1. The zero-order chi connectivity index (χ0) is 16.4. The summed E-state index contributed by atoms with van der Waals surface area (Å²) in [5, 5.41) is 7.19. The number of ketones is 1. The molecule has 2 aromatic heterocycles. The second kappa shape index (κ2) is 6.39. The Labute approximate surface area is 141 Å². The maximum absolute atomic E-state index is 12.2. The molecule has 0 aliphatic carbocycles. The van der Waals surface area contributed by atoms with E-state index in [9.17, 15) is 9.59 Å². The van der Waals surface area contributed by atoms with Crippen molar-refractivity contribution < 1.29 is 9.59 Å². The fraction of sp³-hybridized carbons (Fsp3) is 0.125.